The molecule has 2 amide bonds. The van der Waals surface area contributed by atoms with E-state index in [4.69, 9.17) is 5.14 Å². The molecule has 26 heavy (non-hydrogen) atoms. The second-order valence-corrected chi connectivity index (χ2v) is 7.07. The van der Waals surface area contributed by atoms with Gasteiger partial charge in [-0.2, -0.15) is 0 Å². The summed E-state index contributed by atoms with van der Waals surface area (Å²) < 4.78 is 0. The molecule has 0 aliphatic heterocycles. The van der Waals surface area contributed by atoms with Gasteiger partial charge in [0.2, 0.25) is 5.91 Å². The van der Waals surface area contributed by atoms with Crippen molar-refractivity contribution in [2.75, 3.05) is 11.9 Å². The Balaban J connectivity index is 1.55. The summed E-state index contributed by atoms with van der Waals surface area (Å²) in [4.78, 5) is 30.6. The van der Waals surface area contributed by atoms with E-state index in [1.807, 2.05) is 24.3 Å². The van der Waals surface area contributed by atoms with Gasteiger partial charge in [-0.05, 0) is 48.3 Å². The standard InChI is InChI=1S/C18H16N4O2S2/c19-26-14-5-1-4-13(9-14)22-17(23)11-21-18(24)16-7-6-15(25-16)12-3-2-8-20-10-12/h1-10H,11,19H2,(H,21,24)(H,22,23). The van der Waals surface area contributed by atoms with Crippen LogP contribution in [-0.2, 0) is 4.79 Å². The summed E-state index contributed by atoms with van der Waals surface area (Å²) in [6.45, 7) is -0.112. The van der Waals surface area contributed by atoms with Crippen LogP contribution < -0.4 is 15.8 Å². The number of nitrogens with zero attached hydrogens (tertiary/aromatic N) is 1. The number of hydrogen-bond donors (Lipinski definition) is 3. The molecule has 3 aromatic rings. The number of benzene rings is 1. The number of thiophene rings is 1. The summed E-state index contributed by atoms with van der Waals surface area (Å²) in [6, 6.07) is 14.6. The molecule has 0 atom stereocenters. The molecule has 0 radical (unpaired) electrons. The fourth-order valence-electron chi connectivity index (χ4n) is 2.22. The third-order valence-corrected chi connectivity index (χ3v) is 5.10. The third kappa shape index (κ3) is 4.69. The van der Waals surface area contributed by atoms with Crippen LogP contribution in [0.5, 0.6) is 0 Å². The lowest BCUT2D eigenvalue weighted by Gasteiger charge is -2.07. The maximum atomic E-state index is 12.2. The molecule has 8 heteroatoms. The Morgan fingerprint density at radius 3 is 2.81 bits per heavy atom. The molecule has 6 nitrogen and oxygen atoms in total. The van der Waals surface area contributed by atoms with Crippen molar-refractivity contribution in [2.24, 2.45) is 5.14 Å². The second-order valence-electron chi connectivity index (χ2n) is 5.28. The first-order chi connectivity index (χ1) is 12.7. The largest absolute Gasteiger partial charge is 0.342 e. The van der Waals surface area contributed by atoms with E-state index in [0.29, 0.717) is 10.6 Å². The molecule has 0 saturated carbocycles. The highest BCUT2D eigenvalue weighted by atomic mass is 32.2. The SMILES string of the molecule is NSc1cccc(NC(=O)CNC(=O)c2ccc(-c3cccnc3)s2)c1. The average molecular weight is 384 g/mol. The van der Waals surface area contributed by atoms with Crippen LogP contribution in [0.2, 0.25) is 0 Å². The highest BCUT2D eigenvalue weighted by Gasteiger charge is 2.12. The van der Waals surface area contributed by atoms with Gasteiger partial charge in [0.15, 0.2) is 0 Å². The molecule has 0 fully saturated rings. The maximum Gasteiger partial charge on any atom is 0.261 e. The smallest absolute Gasteiger partial charge is 0.261 e. The van der Waals surface area contributed by atoms with Crippen LogP contribution in [0.1, 0.15) is 9.67 Å². The molecule has 0 saturated heterocycles. The van der Waals surface area contributed by atoms with Crippen LogP contribution in [-0.4, -0.2) is 23.3 Å². The molecule has 2 aromatic heterocycles. The number of amides is 2. The molecule has 3 rings (SSSR count). The van der Waals surface area contributed by atoms with E-state index in [-0.39, 0.29) is 18.4 Å². The van der Waals surface area contributed by atoms with Crippen LogP contribution in [0.15, 0.2) is 65.8 Å². The molecular formula is C18H16N4O2S2. The lowest BCUT2D eigenvalue weighted by atomic mass is 10.2. The minimum Gasteiger partial charge on any atom is -0.342 e. The Bertz CT molecular complexity index is 912. The lowest BCUT2D eigenvalue weighted by Crippen LogP contribution is -2.32. The molecule has 1 aromatic carbocycles. The average Bonchev–Trinajstić information content (AvgIpc) is 3.17. The van der Waals surface area contributed by atoms with Crippen LogP contribution >= 0.6 is 23.3 Å². The monoisotopic (exact) mass is 384 g/mol. The zero-order valence-electron chi connectivity index (χ0n) is 13.6. The van der Waals surface area contributed by atoms with Gasteiger partial charge in [-0.25, -0.2) is 0 Å². The summed E-state index contributed by atoms with van der Waals surface area (Å²) in [7, 11) is 0. The summed E-state index contributed by atoms with van der Waals surface area (Å²) >= 11 is 2.46. The van der Waals surface area contributed by atoms with E-state index in [1.165, 1.54) is 11.3 Å². The van der Waals surface area contributed by atoms with Gasteiger partial charge in [-0.15, -0.1) is 11.3 Å². The Morgan fingerprint density at radius 1 is 1.15 bits per heavy atom. The van der Waals surface area contributed by atoms with Crippen molar-refractivity contribution in [1.82, 2.24) is 10.3 Å². The molecule has 0 aliphatic rings. The maximum absolute atomic E-state index is 12.2. The van der Waals surface area contributed by atoms with E-state index in [0.717, 1.165) is 27.3 Å². The van der Waals surface area contributed by atoms with E-state index in [9.17, 15) is 9.59 Å². The van der Waals surface area contributed by atoms with Crippen molar-refractivity contribution in [3.05, 3.63) is 65.8 Å². The Hall–Kier alpha value is -2.68. The number of anilines is 1. The zero-order chi connectivity index (χ0) is 18.4. The molecule has 0 spiro atoms. The summed E-state index contributed by atoms with van der Waals surface area (Å²) in [5, 5.41) is 10.9. The number of nitrogens with one attached hydrogen (secondary N) is 2. The topological polar surface area (TPSA) is 97.1 Å². The fourth-order valence-corrected chi connectivity index (χ4v) is 3.49. The van der Waals surface area contributed by atoms with Crippen molar-refractivity contribution in [3.8, 4) is 10.4 Å². The lowest BCUT2D eigenvalue weighted by molar-refractivity contribution is -0.115. The number of hydrogen-bond acceptors (Lipinski definition) is 6. The molecule has 0 aliphatic carbocycles. The van der Waals surface area contributed by atoms with Gasteiger partial charge in [0.05, 0.1) is 11.4 Å². The quantitative estimate of drug-likeness (QED) is 0.567. The van der Waals surface area contributed by atoms with Gasteiger partial charge in [0, 0.05) is 33.4 Å². The highest BCUT2D eigenvalue weighted by Crippen LogP contribution is 2.27. The van der Waals surface area contributed by atoms with Crippen molar-refractivity contribution < 1.29 is 9.59 Å². The minimum absolute atomic E-state index is 0.112. The number of rotatable bonds is 6. The summed E-state index contributed by atoms with van der Waals surface area (Å²) in [5.41, 5.74) is 1.58. The molecule has 0 unspecified atom stereocenters. The number of nitrogens with two attached hydrogens (primary N) is 1. The number of carbonyl (C=O) groups is 2. The van der Waals surface area contributed by atoms with E-state index < -0.39 is 0 Å². The van der Waals surface area contributed by atoms with Gasteiger partial charge >= 0.3 is 0 Å². The number of pyridine rings is 1. The van der Waals surface area contributed by atoms with E-state index >= 15 is 0 Å². The Kier molecular flexibility index (Phi) is 6.00. The van der Waals surface area contributed by atoms with Crippen LogP contribution in [0, 0.1) is 0 Å². The Labute approximate surface area is 159 Å². The van der Waals surface area contributed by atoms with Crippen LogP contribution in [0.4, 0.5) is 5.69 Å². The van der Waals surface area contributed by atoms with Gasteiger partial charge in [0.25, 0.3) is 5.91 Å². The van der Waals surface area contributed by atoms with Crippen molar-refractivity contribution in [2.45, 2.75) is 4.90 Å². The van der Waals surface area contributed by atoms with Gasteiger partial charge in [-0.3, -0.25) is 19.7 Å². The highest BCUT2D eigenvalue weighted by molar-refractivity contribution is 7.97. The molecule has 4 N–H and O–H groups in total. The molecule has 132 valence electrons. The normalized spacial score (nSPS) is 10.3. The predicted octanol–water partition coefficient (Wildman–Crippen LogP) is 3.14. The van der Waals surface area contributed by atoms with Crippen molar-refractivity contribution in [3.63, 3.8) is 0 Å². The summed E-state index contributed by atoms with van der Waals surface area (Å²) in [5.74, 6) is -0.590. The first-order valence-corrected chi connectivity index (χ1v) is 9.40. The van der Waals surface area contributed by atoms with E-state index in [2.05, 4.69) is 15.6 Å². The van der Waals surface area contributed by atoms with Gasteiger partial charge in [-0.1, -0.05) is 12.1 Å². The van der Waals surface area contributed by atoms with Gasteiger partial charge in [0.1, 0.15) is 0 Å². The zero-order valence-corrected chi connectivity index (χ0v) is 15.3. The fraction of sp³-hybridized carbons (Fsp3) is 0.0556. The Morgan fingerprint density at radius 2 is 2.04 bits per heavy atom. The van der Waals surface area contributed by atoms with Crippen molar-refractivity contribution >= 4 is 40.8 Å². The molecule has 0 bridgehead atoms. The van der Waals surface area contributed by atoms with Gasteiger partial charge < -0.3 is 10.6 Å². The second kappa shape index (κ2) is 8.61. The first-order valence-electron chi connectivity index (χ1n) is 7.71. The summed E-state index contributed by atoms with van der Waals surface area (Å²) in [6.07, 6.45) is 3.44. The van der Waals surface area contributed by atoms with Crippen LogP contribution in [0.25, 0.3) is 10.4 Å². The first kappa shape index (κ1) is 18.1. The molecular weight excluding hydrogens is 368 g/mol. The van der Waals surface area contributed by atoms with Crippen LogP contribution in [0.3, 0.4) is 0 Å². The predicted molar refractivity (Wildman–Crippen MR) is 105 cm³/mol. The van der Waals surface area contributed by atoms with Crippen molar-refractivity contribution in [1.29, 1.82) is 0 Å². The van der Waals surface area contributed by atoms with E-state index in [1.54, 1.807) is 36.7 Å². The third-order valence-electron chi connectivity index (χ3n) is 3.44. The number of aromatic nitrogens is 1. The molecule has 2 heterocycles. The minimum atomic E-state index is -0.304. The number of carbonyl (C=O) groups excluding carboxylic acids is 2.